The summed E-state index contributed by atoms with van der Waals surface area (Å²) in [4.78, 5) is 20.4. The molecule has 23 heavy (non-hydrogen) atoms. The Morgan fingerprint density at radius 1 is 1.43 bits per heavy atom. The molecule has 1 atom stereocenters. The first-order valence-corrected chi connectivity index (χ1v) is 9.14. The van der Waals surface area contributed by atoms with Gasteiger partial charge >= 0.3 is 0 Å². The van der Waals surface area contributed by atoms with Gasteiger partial charge in [0.1, 0.15) is 17.2 Å². The third-order valence-corrected chi connectivity index (χ3v) is 5.82. The topological polar surface area (TPSA) is 54.9 Å². The summed E-state index contributed by atoms with van der Waals surface area (Å²) in [5.74, 6) is -0.0194. The maximum Gasteiger partial charge on any atom is 0.230 e. The quantitative estimate of drug-likeness (QED) is 0.559. The number of amides is 1. The predicted octanol–water partition coefficient (Wildman–Crippen LogP) is 3.99. The van der Waals surface area contributed by atoms with Crippen molar-refractivity contribution in [1.29, 1.82) is 0 Å². The zero-order valence-corrected chi connectivity index (χ0v) is 14.4. The zero-order chi connectivity index (χ0) is 16.4. The van der Waals surface area contributed by atoms with Crippen molar-refractivity contribution in [2.75, 3.05) is 5.75 Å². The lowest BCUT2D eigenvalue weighted by Crippen LogP contribution is -2.33. The van der Waals surface area contributed by atoms with Gasteiger partial charge in [0.05, 0.1) is 21.4 Å². The molecule has 0 bridgehead atoms. The molecule has 0 spiro atoms. The van der Waals surface area contributed by atoms with Crippen LogP contribution in [-0.4, -0.2) is 27.7 Å². The highest BCUT2D eigenvalue weighted by atomic mass is 32.2. The molecule has 0 aliphatic carbocycles. The molecule has 0 saturated heterocycles. The molecular formula is C16H16FN3OS2. The van der Waals surface area contributed by atoms with Crippen molar-refractivity contribution < 1.29 is 9.18 Å². The Hall–Kier alpha value is -1.73. The summed E-state index contributed by atoms with van der Waals surface area (Å²) in [5.41, 5.74) is 0.614. The molecular weight excluding hydrogens is 333 g/mol. The number of nitrogens with zero attached hydrogens (tertiary/aromatic N) is 2. The van der Waals surface area contributed by atoms with Crippen LogP contribution in [0.1, 0.15) is 20.3 Å². The highest BCUT2D eigenvalue weighted by Gasteiger charge is 2.15. The molecule has 2 aromatic heterocycles. The van der Waals surface area contributed by atoms with Crippen molar-refractivity contribution in [1.82, 2.24) is 15.3 Å². The van der Waals surface area contributed by atoms with Crippen LogP contribution >= 0.6 is 23.1 Å². The fourth-order valence-corrected chi connectivity index (χ4v) is 4.27. The smallest absolute Gasteiger partial charge is 0.230 e. The summed E-state index contributed by atoms with van der Waals surface area (Å²) in [5, 5.41) is 4.17. The minimum atomic E-state index is -0.280. The highest BCUT2D eigenvalue weighted by Crippen LogP contribution is 2.38. The lowest BCUT2D eigenvalue weighted by Gasteiger charge is -2.10. The lowest BCUT2D eigenvalue weighted by atomic mass is 10.2. The Balaban J connectivity index is 1.89. The number of benzene rings is 1. The van der Waals surface area contributed by atoms with Crippen LogP contribution in [0.15, 0.2) is 29.6 Å². The number of hydrogen-bond acceptors (Lipinski definition) is 5. The Bertz CT molecular complexity index is 865. The summed E-state index contributed by atoms with van der Waals surface area (Å²) in [6, 6.07) is 5.15. The maximum atomic E-state index is 14.1. The standard InChI is InChI=1S/C16H16FN3OS2/c1-3-9(2)20-12(21)7-22-16-15-14(18-8-19-16)13-10(17)5-4-6-11(13)23-15/h4-6,8-9H,3,7H2,1-2H3,(H,20,21)/t9-/m1/s1. The molecule has 0 aliphatic heterocycles. The van der Waals surface area contributed by atoms with Gasteiger partial charge in [0, 0.05) is 10.7 Å². The second-order valence-electron chi connectivity index (χ2n) is 5.24. The fraction of sp³-hybridized carbons (Fsp3) is 0.312. The summed E-state index contributed by atoms with van der Waals surface area (Å²) in [6.07, 6.45) is 2.32. The number of nitrogens with one attached hydrogen (secondary N) is 1. The van der Waals surface area contributed by atoms with Gasteiger partial charge in [-0.2, -0.15) is 0 Å². The van der Waals surface area contributed by atoms with Crippen LogP contribution in [-0.2, 0) is 4.79 Å². The number of rotatable bonds is 5. The van der Waals surface area contributed by atoms with E-state index in [1.54, 1.807) is 6.07 Å². The summed E-state index contributed by atoms with van der Waals surface area (Å²) in [6.45, 7) is 4.00. The molecule has 4 nitrogen and oxygen atoms in total. The average Bonchev–Trinajstić information content (AvgIpc) is 2.93. The molecule has 3 aromatic rings. The van der Waals surface area contributed by atoms with Crippen LogP contribution in [0.25, 0.3) is 20.3 Å². The minimum Gasteiger partial charge on any atom is -0.353 e. The van der Waals surface area contributed by atoms with Gasteiger partial charge in [0.25, 0.3) is 0 Å². The molecule has 120 valence electrons. The molecule has 0 fully saturated rings. The first-order chi connectivity index (χ1) is 11.1. The SMILES string of the molecule is CC[C@@H](C)NC(=O)CSc1ncnc2c1sc1cccc(F)c12. The van der Waals surface area contributed by atoms with Gasteiger partial charge < -0.3 is 5.32 Å². The van der Waals surface area contributed by atoms with E-state index in [1.807, 2.05) is 19.9 Å². The van der Waals surface area contributed by atoms with Crippen molar-refractivity contribution in [3.8, 4) is 0 Å². The first kappa shape index (κ1) is 16.1. The van der Waals surface area contributed by atoms with Crippen LogP contribution < -0.4 is 5.32 Å². The number of thioether (sulfide) groups is 1. The number of carbonyl (C=O) groups excluding carboxylic acids is 1. The van der Waals surface area contributed by atoms with E-state index in [2.05, 4.69) is 15.3 Å². The van der Waals surface area contributed by atoms with Crippen molar-refractivity contribution in [2.45, 2.75) is 31.3 Å². The second kappa shape index (κ2) is 6.80. The van der Waals surface area contributed by atoms with Crippen LogP contribution in [0.3, 0.4) is 0 Å². The van der Waals surface area contributed by atoms with Crippen LogP contribution in [0.2, 0.25) is 0 Å². The molecule has 1 amide bonds. The van der Waals surface area contributed by atoms with Crippen LogP contribution in [0.4, 0.5) is 4.39 Å². The van der Waals surface area contributed by atoms with Gasteiger partial charge in [-0.3, -0.25) is 4.79 Å². The minimum absolute atomic E-state index is 0.0246. The fourth-order valence-electron chi connectivity index (χ4n) is 2.21. The zero-order valence-electron chi connectivity index (χ0n) is 12.8. The summed E-state index contributed by atoms with van der Waals surface area (Å²) >= 11 is 2.81. The van der Waals surface area contributed by atoms with Gasteiger partial charge in [-0.15, -0.1) is 11.3 Å². The Morgan fingerprint density at radius 3 is 3.04 bits per heavy atom. The maximum absolute atomic E-state index is 14.1. The van der Waals surface area contributed by atoms with E-state index in [0.717, 1.165) is 20.8 Å². The van der Waals surface area contributed by atoms with E-state index < -0.39 is 0 Å². The molecule has 2 heterocycles. The Kier molecular flexibility index (Phi) is 4.77. The van der Waals surface area contributed by atoms with E-state index in [-0.39, 0.29) is 23.5 Å². The molecule has 7 heteroatoms. The van der Waals surface area contributed by atoms with Gasteiger partial charge in [0.2, 0.25) is 5.91 Å². The van der Waals surface area contributed by atoms with E-state index in [0.29, 0.717) is 10.9 Å². The van der Waals surface area contributed by atoms with E-state index in [9.17, 15) is 9.18 Å². The van der Waals surface area contributed by atoms with Crippen molar-refractivity contribution in [3.63, 3.8) is 0 Å². The van der Waals surface area contributed by atoms with E-state index in [1.165, 1.54) is 35.5 Å². The lowest BCUT2D eigenvalue weighted by molar-refractivity contribution is -0.119. The van der Waals surface area contributed by atoms with Crippen molar-refractivity contribution in [2.24, 2.45) is 0 Å². The third kappa shape index (κ3) is 3.30. The molecule has 1 N–H and O–H groups in total. The molecule has 0 saturated carbocycles. The molecule has 1 aromatic carbocycles. The second-order valence-corrected chi connectivity index (χ2v) is 7.25. The Labute approximate surface area is 141 Å². The summed E-state index contributed by atoms with van der Waals surface area (Å²) in [7, 11) is 0. The number of carbonyl (C=O) groups is 1. The number of fused-ring (bicyclic) bond motifs is 3. The normalized spacial score (nSPS) is 12.7. The first-order valence-electron chi connectivity index (χ1n) is 7.34. The van der Waals surface area contributed by atoms with Crippen LogP contribution in [0, 0.1) is 5.82 Å². The number of aromatic nitrogens is 2. The van der Waals surface area contributed by atoms with E-state index >= 15 is 0 Å². The van der Waals surface area contributed by atoms with E-state index in [4.69, 9.17) is 0 Å². The van der Waals surface area contributed by atoms with Gasteiger partial charge in [0.15, 0.2) is 0 Å². The van der Waals surface area contributed by atoms with Crippen molar-refractivity contribution in [3.05, 3.63) is 30.3 Å². The highest BCUT2D eigenvalue weighted by molar-refractivity contribution is 8.00. The molecule has 0 aliphatic rings. The van der Waals surface area contributed by atoms with Crippen molar-refractivity contribution >= 4 is 49.3 Å². The number of thiophene rings is 1. The molecule has 0 unspecified atom stereocenters. The third-order valence-electron chi connectivity index (χ3n) is 3.56. The monoisotopic (exact) mass is 349 g/mol. The predicted molar refractivity (Wildman–Crippen MR) is 93.5 cm³/mol. The summed E-state index contributed by atoms with van der Waals surface area (Å²) < 4.78 is 15.7. The number of halogens is 1. The average molecular weight is 349 g/mol. The largest absolute Gasteiger partial charge is 0.353 e. The van der Waals surface area contributed by atoms with Gasteiger partial charge in [-0.25, -0.2) is 14.4 Å². The molecule has 3 rings (SSSR count). The van der Waals surface area contributed by atoms with Crippen LogP contribution in [0.5, 0.6) is 0 Å². The van der Waals surface area contributed by atoms with Gasteiger partial charge in [-0.1, -0.05) is 24.8 Å². The molecule has 0 radical (unpaired) electrons. The Morgan fingerprint density at radius 2 is 2.26 bits per heavy atom. The number of hydrogen-bond donors (Lipinski definition) is 1. The van der Waals surface area contributed by atoms with Gasteiger partial charge in [-0.05, 0) is 25.5 Å².